The molecule has 1 aromatic carbocycles. The van der Waals surface area contributed by atoms with Crippen LogP contribution >= 0.6 is 11.6 Å². The van der Waals surface area contributed by atoms with Crippen molar-refractivity contribution in [1.82, 2.24) is 9.38 Å². The highest BCUT2D eigenvalue weighted by Gasteiger charge is 2.40. The largest absolute Gasteiger partial charge is 0.386 e. The molecule has 0 spiro atoms. The molecule has 0 atom stereocenters. The summed E-state index contributed by atoms with van der Waals surface area (Å²) in [6.45, 7) is 0. The zero-order chi connectivity index (χ0) is 17.5. The van der Waals surface area contributed by atoms with E-state index in [4.69, 9.17) is 11.6 Å². The van der Waals surface area contributed by atoms with Crippen molar-refractivity contribution in [2.24, 2.45) is 0 Å². The number of aromatic nitrogens is 2. The molecule has 6 nitrogen and oxygen atoms in total. The van der Waals surface area contributed by atoms with Crippen LogP contribution in [0.25, 0.3) is 16.9 Å². The van der Waals surface area contributed by atoms with Gasteiger partial charge in [0.15, 0.2) is 0 Å². The van der Waals surface area contributed by atoms with Crippen LogP contribution in [0.15, 0.2) is 48.7 Å². The highest BCUT2D eigenvalue weighted by Crippen LogP contribution is 2.32. The molecule has 0 saturated carbocycles. The van der Waals surface area contributed by atoms with Gasteiger partial charge < -0.3 is 0 Å². The molecule has 0 N–H and O–H groups in total. The molecule has 0 aliphatic heterocycles. The molecule has 2 aromatic heterocycles. The molecule has 9 heteroatoms. The third kappa shape index (κ3) is 2.71. The van der Waals surface area contributed by atoms with E-state index < -0.39 is 21.8 Å². The number of carbonyl (C=O) groups is 1. The number of rotatable bonds is 4. The number of alkyl halides is 3. The van der Waals surface area contributed by atoms with Crippen LogP contribution in [0.5, 0.6) is 0 Å². The Balaban J connectivity index is 2.30. The van der Waals surface area contributed by atoms with Crippen LogP contribution in [0.3, 0.4) is 0 Å². The SMILES string of the molecule is O=C(c1c(-c2cccc([N+](=O)[O-])c2)nc2ccccn12)C(F)(F)Cl. The van der Waals surface area contributed by atoms with Crippen LogP contribution in [0.1, 0.15) is 10.5 Å². The molecule has 2 heterocycles. The molecule has 122 valence electrons. The Morgan fingerprint density at radius 2 is 2.00 bits per heavy atom. The predicted molar refractivity (Wildman–Crippen MR) is 82.4 cm³/mol. The van der Waals surface area contributed by atoms with Gasteiger partial charge in [-0.15, -0.1) is 0 Å². The first kappa shape index (κ1) is 16.0. The van der Waals surface area contributed by atoms with Gasteiger partial charge in [0.2, 0.25) is 0 Å². The van der Waals surface area contributed by atoms with Crippen molar-refractivity contribution in [3.8, 4) is 11.3 Å². The van der Waals surface area contributed by atoms with E-state index in [9.17, 15) is 23.7 Å². The van der Waals surface area contributed by atoms with Crippen LogP contribution in [0, 0.1) is 10.1 Å². The second-order valence-electron chi connectivity index (χ2n) is 4.87. The lowest BCUT2D eigenvalue weighted by Gasteiger charge is -2.08. The maximum Gasteiger partial charge on any atom is 0.386 e. The van der Waals surface area contributed by atoms with Crippen molar-refractivity contribution in [1.29, 1.82) is 0 Å². The number of nitro benzene ring substituents is 1. The molecular weight excluding hydrogens is 344 g/mol. The van der Waals surface area contributed by atoms with E-state index in [1.807, 2.05) is 0 Å². The lowest BCUT2D eigenvalue weighted by Crippen LogP contribution is -2.23. The number of nitro groups is 1. The van der Waals surface area contributed by atoms with Crippen molar-refractivity contribution >= 4 is 28.7 Å². The fourth-order valence-electron chi connectivity index (χ4n) is 2.32. The minimum Gasteiger partial charge on any atom is -0.296 e. The third-order valence-electron chi connectivity index (χ3n) is 3.33. The zero-order valence-electron chi connectivity index (χ0n) is 11.8. The highest BCUT2D eigenvalue weighted by atomic mass is 35.5. The van der Waals surface area contributed by atoms with E-state index in [2.05, 4.69) is 4.98 Å². The van der Waals surface area contributed by atoms with Gasteiger partial charge in [0, 0.05) is 23.9 Å². The van der Waals surface area contributed by atoms with Gasteiger partial charge in [-0.1, -0.05) is 18.2 Å². The number of pyridine rings is 1. The molecule has 0 unspecified atom stereocenters. The Morgan fingerprint density at radius 3 is 2.67 bits per heavy atom. The number of Topliss-reactive ketones (excluding diaryl/α,β-unsaturated/α-hetero) is 1. The lowest BCUT2D eigenvalue weighted by atomic mass is 10.1. The molecule has 0 aliphatic carbocycles. The van der Waals surface area contributed by atoms with Crippen LogP contribution in [0.2, 0.25) is 0 Å². The standard InChI is InChI=1S/C15H8ClF2N3O3/c16-15(17,18)14(22)13-12(19-11-6-1-2-7-20(11)13)9-4-3-5-10(8-9)21(23)24/h1-8H. The van der Waals surface area contributed by atoms with Gasteiger partial charge in [-0.3, -0.25) is 19.3 Å². The smallest absolute Gasteiger partial charge is 0.296 e. The number of ketones is 1. The Morgan fingerprint density at radius 1 is 1.25 bits per heavy atom. The normalized spacial score (nSPS) is 11.6. The van der Waals surface area contributed by atoms with Crippen molar-refractivity contribution < 1.29 is 18.5 Å². The quantitative estimate of drug-likeness (QED) is 0.309. The third-order valence-corrected chi connectivity index (χ3v) is 3.50. The first-order chi connectivity index (χ1) is 11.3. The number of non-ortho nitro benzene ring substituents is 1. The van der Waals surface area contributed by atoms with E-state index in [1.165, 1.54) is 40.9 Å². The monoisotopic (exact) mass is 351 g/mol. The summed E-state index contributed by atoms with van der Waals surface area (Å²) in [5.74, 6) is -1.63. The summed E-state index contributed by atoms with van der Waals surface area (Å²) in [6.07, 6.45) is 1.39. The maximum absolute atomic E-state index is 13.4. The fraction of sp³-hybridized carbons (Fsp3) is 0.0667. The Hall–Kier alpha value is -2.87. The van der Waals surface area contributed by atoms with E-state index in [-0.39, 0.29) is 22.6 Å². The summed E-state index contributed by atoms with van der Waals surface area (Å²) in [7, 11) is 0. The highest BCUT2D eigenvalue weighted by molar-refractivity contribution is 6.35. The molecule has 0 bridgehead atoms. The number of benzene rings is 1. The van der Waals surface area contributed by atoms with Crippen molar-refractivity contribution in [2.45, 2.75) is 5.38 Å². The van der Waals surface area contributed by atoms with Gasteiger partial charge in [0.25, 0.3) is 11.5 Å². The molecule has 0 radical (unpaired) electrons. The minimum atomic E-state index is -4.12. The van der Waals surface area contributed by atoms with E-state index >= 15 is 0 Å². The number of nitrogens with zero attached hydrogens (tertiary/aromatic N) is 3. The van der Waals surface area contributed by atoms with Gasteiger partial charge >= 0.3 is 5.38 Å². The minimum absolute atomic E-state index is 0.102. The lowest BCUT2D eigenvalue weighted by molar-refractivity contribution is -0.384. The van der Waals surface area contributed by atoms with Crippen molar-refractivity contribution in [3.05, 3.63) is 64.5 Å². The number of imidazole rings is 1. The number of fused-ring (bicyclic) bond motifs is 1. The summed E-state index contributed by atoms with van der Waals surface area (Å²) in [5, 5.41) is 6.78. The summed E-state index contributed by atoms with van der Waals surface area (Å²) >= 11 is 4.88. The van der Waals surface area contributed by atoms with Crippen LogP contribution < -0.4 is 0 Å². The molecule has 0 aliphatic rings. The van der Waals surface area contributed by atoms with E-state index in [1.54, 1.807) is 6.07 Å². The number of halogens is 3. The topological polar surface area (TPSA) is 77.5 Å². The molecular formula is C15H8ClF2N3O3. The molecule has 0 saturated heterocycles. The zero-order valence-corrected chi connectivity index (χ0v) is 12.6. The van der Waals surface area contributed by atoms with E-state index in [0.717, 1.165) is 6.07 Å². The Bertz CT molecular complexity index is 966. The van der Waals surface area contributed by atoms with Gasteiger partial charge in [0.1, 0.15) is 17.0 Å². The predicted octanol–water partition coefficient (Wildman–Crippen LogP) is 3.92. The molecule has 3 rings (SSSR count). The van der Waals surface area contributed by atoms with E-state index in [0.29, 0.717) is 0 Å². The second kappa shape index (κ2) is 5.64. The summed E-state index contributed by atoms with van der Waals surface area (Å²) < 4.78 is 27.9. The van der Waals surface area contributed by atoms with Crippen LogP contribution in [0.4, 0.5) is 14.5 Å². The maximum atomic E-state index is 13.4. The van der Waals surface area contributed by atoms with Crippen LogP contribution in [-0.2, 0) is 0 Å². The summed E-state index contributed by atoms with van der Waals surface area (Å²) in [6, 6.07) is 9.90. The summed E-state index contributed by atoms with van der Waals surface area (Å²) in [4.78, 5) is 26.5. The van der Waals surface area contributed by atoms with Gasteiger partial charge in [-0.05, 0) is 23.7 Å². The van der Waals surface area contributed by atoms with Crippen molar-refractivity contribution in [2.75, 3.05) is 0 Å². The number of carbonyl (C=O) groups excluding carboxylic acids is 1. The average Bonchev–Trinajstić information content (AvgIpc) is 2.92. The Kier molecular flexibility index (Phi) is 3.76. The van der Waals surface area contributed by atoms with Gasteiger partial charge in [-0.2, -0.15) is 8.78 Å². The summed E-state index contributed by atoms with van der Waals surface area (Å²) in [5.41, 5.74) is -0.387. The molecule has 0 fully saturated rings. The van der Waals surface area contributed by atoms with Gasteiger partial charge in [0.05, 0.1) is 4.92 Å². The molecule has 0 amide bonds. The first-order valence-corrected chi connectivity index (χ1v) is 7.00. The Labute approximate surface area is 138 Å². The number of hydrogen-bond acceptors (Lipinski definition) is 4. The molecule has 24 heavy (non-hydrogen) atoms. The van der Waals surface area contributed by atoms with Crippen molar-refractivity contribution in [3.63, 3.8) is 0 Å². The molecule has 3 aromatic rings. The average molecular weight is 352 g/mol. The number of hydrogen-bond donors (Lipinski definition) is 0. The van der Waals surface area contributed by atoms with Gasteiger partial charge in [-0.25, -0.2) is 4.98 Å². The second-order valence-corrected chi connectivity index (χ2v) is 5.35. The first-order valence-electron chi connectivity index (χ1n) is 6.62. The van der Waals surface area contributed by atoms with Crippen LogP contribution in [-0.4, -0.2) is 25.5 Å². The fourth-order valence-corrected chi connectivity index (χ4v) is 2.40.